The SMILES string of the molecule is CC(C)(C)[Si](C)(C)OCCC(C(=O)O)c1c(CCN)ncn1C(c1ccccc1)(c1ccccc1)c1ccccc1. The molecule has 0 spiro atoms. The summed E-state index contributed by atoms with van der Waals surface area (Å²) in [6.45, 7) is 11.7. The molecule has 41 heavy (non-hydrogen) atoms. The molecule has 7 heteroatoms. The molecular formula is C34H43N3O3Si. The molecule has 0 aliphatic carbocycles. The van der Waals surface area contributed by atoms with Gasteiger partial charge in [-0.15, -0.1) is 0 Å². The minimum atomic E-state index is -2.06. The molecule has 1 unspecified atom stereocenters. The molecule has 0 saturated heterocycles. The number of carboxylic acids is 1. The van der Waals surface area contributed by atoms with Crippen LogP contribution in [0.15, 0.2) is 97.3 Å². The van der Waals surface area contributed by atoms with Crippen molar-refractivity contribution in [2.45, 2.75) is 63.2 Å². The molecule has 0 radical (unpaired) electrons. The predicted molar refractivity (Wildman–Crippen MR) is 168 cm³/mol. The van der Waals surface area contributed by atoms with E-state index >= 15 is 0 Å². The van der Waals surface area contributed by atoms with E-state index in [1.807, 2.05) is 54.6 Å². The lowest BCUT2D eigenvalue weighted by Crippen LogP contribution is -2.42. The monoisotopic (exact) mass is 569 g/mol. The van der Waals surface area contributed by atoms with Crippen LogP contribution in [-0.4, -0.2) is 42.1 Å². The molecule has 1 atom stereocenters. The molecule has 6 nitrogen and oxygen atoms in total. The molecule has 3 aromatic carbocycles. The van der Waals surface area contributed by atoms with Crippen molar-refractivity contribution in [3.8, 4) is 0 Å². The van der Waals surface area contributed by atoms with Gasteiger partial charge in [0.1, 0.15) is 11.5 Å². The van der Waals surface area contributed by atoms with E-state index in [-0.39, 0.29) is 5.04 Å². The number of nitrogens with zero attached hydrogens (tertiary/aromatic N) is 2. The van der Waals surface area contributed by atoms with Gasteiger partial charge in [-0.05, 0) is 47.8 Å². The standard InChI is InChI=1S/C34H43N3O3Si/c1-33(2,3)41(4,5)40-24-22-29(32(38)39)31-30(21-23-35)36-25-37(31)34(26-15-9-6-10-16-26,27-17-11-7-12-18-27)28-19-13-8-14-20-28/h6-20,25,29H,21-24,35H2,1-5H3,(H,38,39). The zero-order chi connectivity index (χ0) is 29.7. The Morgan fingerprint density at radius 1 is 0.902 bits per heavy atom. The summed E-state index contributed by atoms with van der Waals surface area (Å²) in [5.74, 6) is -1.73. The van der Waals surface area contributed by atoms with E-state index in [1.165, 1.54) is 0 Å². The van der Waals surface area contributed by atoms with Crippen molar-refractivity contribution in [3.63, 3.8) is 0 Å². The maximum absolute atomic E-state index is 13.1. The lowest BCUT2D eigenvalue weighted by atomic mass is 9.76. The summed E-state index contributed by atoms with van der Waals surface area (Å²) in [7, 11) is -2.06. The van der Waals surface area contributed by atoms with Gasteiger partial charge in [-0.3, -0.25) is 4.79 Å². The highest BCUT2D eigenvalue weighted by Crippen LogP contribution is 2.44. The summed E-state index contributed by atoms with van der Waals surface area (Å²) in [6.07, 6.45) is 2.61. The number of benzene rings is 3. The topological polar surface area (TPSA) is 90.4 Å². The van der Waals surface area contributed by atoms with Crippen molar-refractivity contribution in [2.24, 2.45) is 5.73 Å². The second-order valence-electron chi connectivity index (χ2n) is 12.1. The van der Waals surface area contributed by atoms with Crippen LogP contribution in [0, 0.1) is 0 Å². The molecule has 0 saturated carbocycles. The lowest BCUT2D eigenvalue weighted by Gasteiger charge is -2.40. The zero-order valence-corrected chi connectivity index (χ0v) is 25.9. The van der Waals surface area contributed by atoms with Gasteiger partial charge in [0.2, 0.25) is 0 Å². The number of nitrogens with two attached hydrogens (primary N) is 1. The second-order valence-corrected chi connectivity index (χ2v) is 16.9. The Morgan fingerprint density at radius 3 is 1.76 bits per heavy atom. The van der Waals surface area contributed by atoms with Crippen LogP contribution in [0.5, 0.6) is 0 Å². The van der Waals surface area contributed by atoms with E-state index in [1.54, 1.807) is 6.33 Å². The summed E-state index contributed by atoms with van der Waals surface area (Å²) in [5.41, 5.74) is 9.58. The molecule has 0 fully saturated rings. The van der Waals surface area contributed by atoms with Crippen LogP contribution in [0.25, 0.3) is 0 Å². The molecular weight excluding hydrogens is 526 g/mol. The number of rotatable bonds is 12. The number of aliphatic carboxylic acids is 1. The molecule has 4 aromatic rings. The third kappa shape index (κ3) is 6.08. The highest BCUT2D eigenvalue weighted by atomic mass is 28.4. The Kier molecular flexibility index (Phi) is 9.32. The number of imidazole rings is 1. The first-order valence-corrected chi connectivity index (χ1v) is 17.2. The molecule has 3 N–H and O–H groups in total. The Labute approximate surface area is 245 Å². The average Bonchev–Trinajstić information content (AvgIpc) is 3.36. The highest BCUT2D eigenvalue weighted by molar-refractivity contribution is 6.74. The normalized spacial score (nSPS) is 13.2. The number of carbonyl (C=O) groups is 1. The molecule has 0 aliphatic heterocycles. The minimum absolute atomic E-state index is 0.0291. The van der Waals surface area contributed by atoms with Crippen molar-refractivity contribution in [2.75, 3.05) is 13.2 Å². The summed E-state index contributed by atoms with van der Waals surface area (Å²) in [4.78, 5) is 17.9. The van der Waals surface area contributed by atoms with Crippen LogP contribution in [0.3, 0.4) is 0 Å². The van der Waals surface area contributed by atoms with Gasteiger partial charge >= 0.3 is 5.97 Å². The largest absolute Gasteiger partial charge is 0.481 e. The zero-order valence-electron chi connectivity index (χ0n) is 24.9. The molecule has 1 aromatic heterocycles. The van der Waals surface area contributed by atoms with Crippen LogP contribution in [0.4, 0.5) is 0 Å². The fraction of sp³-hybridized carbons (Fsp3) is 0.353. The maximum atomic E-state index is 13.1. The van der Waals surface area contributed by atoms with Gasteiger partial charge in [0, 0.05) is 13.0 Å². The predicted octanol–water partition coefficient (Wildman–Crippen LogP) is 6.80. The molecule has 0 bridgehead atoms. The van der Waals surface area contributed by atoms with Crippen molar-refractivity contribution in [1.29, 1.82) is 0 Å². The van der Waals surface area contributed by atoms with Crippen molar-refractivity contribution < 1.29 is 14.3 Å². The number of aromatic nitrogens is 2. The first kappa shape index (κ1) is 30.4. The molecule has 4 rings (SSSR count). The van der Waals surface area contributed by atoms with E-state index in [0.717, 1.165) is 16.7 Å². The Hall–Kier alpha value is -3.52. The third-order valence-electron chi connectivity index (χ3n) is 8.51. The Balaban J connectivity index is 1.98. The van der Waals surface area contributed by atoms with Crippen LogP contribution < -0.4 is 5.73 Å². The summed E-state index contributed by atoms with van der Waals surface area (Å²) in [6, 6.07) is 30.7. The van der Waals surface area contributed by atoms with Gasteiger partial charge in [-0.2, -0.15) is 0 Å². The van der Waals surface area contributed by atoms with E-state index in [9.17, 15) is 9.90 Å². The second kappa shape index (κ2) is 12.6. The van der Waals surface area contributed by atoms with Gasteiger partial charge in [0.05, 0.1) is 17.7 Å². The molecule has 0 amide bonds. The fourth-order valence-corrected chi connectivity index (χ4v) is 6.40. The fourth-order valence-electron chi connectivity index (χ4n) is 5.34. The van der Waals surface area contributed by atoms with E-state index in [4.69, 9.17) is 15.1 Å². The van der Waals surface area contributed by atoms with E-state index < -0.39 is 25.7 Å². The number of hydrogen-bond acceptors (Lipinski definition) is 4. The summed E-state index contributed by atoms with van der Waals surface area (Å²) >= 11 is 0. The summed E-state index contributed by atoms with van der Waals surface area (Å²) in [5, 5.41) is 10.7. The van der Waals surface area contributed by atoms with Crippen molar-refractivity contribution >= 4 is 14.3 Å². The summed E-state index contributed by atoms with van der Waals surface area (Å²) < 4.78 is 8.56. The third-order valence-corrected chi connectivity index (χ3v) is 13.0. The first-order valence-electron chi connectivity index (χ1n) is 14.3. The quantitative estimate of drug-likeness (QED) is 0.145. The Morgan fingerprint density at radius 2 is 1.37 bits per heavy atom. The average molecular weight is 570 g/mol. The van der Waals surface area contributed by atoms with Gasteiger partial charge in [-0.25, -0.2) is 4.98 Å². The molecule has 0 aliphatic rings. The lowest BCUT2D eigenvalue weighted by molar-refractivity contribution is -0.139. The smallest absolute Gasteiger partial charge is 0.312 e. The Bertz CT molecular complexity index is 1320. The molecule has 216 valence electrons. The van der Waals surface area contributed by atoms with Gasteiger partial charge < -0.3 is 19.8 Å². The maximum Gasteiger partial charge on any atom is 0.312 e. The van der Waals surface area contributed by atoms with Crippen molar-refractivity contribution in [1.82, 2.24) is 9.55 Å². The highest BCUT2D eigenvalue weighted by Gasteiger charge is 2.43. The van der Waals surface area contributed by atoms with Crippen LogP contribution in [0.2, 0.25) is 18.1 Å². The minimum Gasteiger partial charge on any atom is -0.481 e. The van der Waals surface area contributed by atoms with Crippen LogP contribution in [0.1, 0.15) is 61.2 Å². The van der Waals surface area contributed by atoms with Gasteiger partial charge in [0.15, 0.2) is 8.32 Å². The van der Waals surface area contributed by atoms with E-state index in [2.05, 4.69) is 74.8 Å². The first-order chi connectivity index (χ1) is 19.5. The van der Waals surface area contributed by atoms with Crippen LogP contribution in [-0.2, 0) is 21.2 Å². The number of carboxylic acid groups (broad SMARTS) is 1. The van der Waals surface area contributed by atoms with Crippen molar-refractivity contribution in [3.05, 3.63) is 125 Å². The molecule has 1 heterocycles. The van der Waals surface area contributed by atoms with Gasteiger partial charge in [0.25, 0.3) is 0 Å². The van der Waals surface area contributed by atoms with Crippen LogP contribution >= 0.6 is 0 Å². The van der Waals surface area contributed by atoms with E-state index in [0.29, 0.717) is 37.4 Å². The number of hydrogen-bond donors (Lipinski definition) is 2. The van der Waals surface area contributed by atoms with Gasteiger partial charge in [-0.1, -0.05) is 112 Å².